The number of rotatable bonds is 6. The van der Waals surface area contributed by atoms with Crippen molar-refractivity contribution >= 4 is 27.6 Å². The van der Waals surface area contributed by atoms with Gasteiger partial charge in [-0.25, -0.2) is 9.97 Å². The van der Waals surface area contributed by atoms with Crippen LogP contribution in [0, 0.1) is 5.92 Å². The highest BCUT2D eigenvalue weighted by Gasteiger charge is 2.28. The third-order valence-corrected chi connectivity index (χ3v) is 3.78. The summed E-state index contributed by atoms with van der Waals surface area (Å²) in [6.07, 6.45) is 5.35. The standard InChI is InChI=1S/C12H19BrN4/c1-3-6-14-11-10(13)12(16-7-15-11)17-8(2)9-4-5-9/h7-9H,3-6H2,1-2H3,(H2,14,15,16,17). The van der Waals surface area contributed by atoms with Gasteiger partial charge < -0.3 is 10.6 Å². The van der Waals surface area contributed by atoms with Gasteiger partial charge in [-0.2, -0.15) is 0 Å². The van der Waals surface area contributed by atoms with E-state index in [1.807, 2.05) is 0 Å². The number of aromatic nitrogens is 2. The molecule has 2 rings (SSSR count). The van der Waals surface area contributed by atoms with Gasteiger partial charge >= 0.3 is 0 Å². The minimum atomic E-state index is 0.486. The van der Waals surface area contributed by atoms with Crippen LogP contribution in [0.25, 0.3) is 0 Å². The molecule has 2 N–H and O–H groups in total. The minimum absolute atomic E-state index is 0.486. The molecule has 4 nitrogen and oxygen atoms in total. The van der Waals surface area contributed by atoms with Crippen LogP contribution in [0.2, 0.25) is 0 Å². The van der Waals surface area contributed by atoms with Crippen molar-refractivity contribution in [3.8, 4) is 0 Å². The summed E-state index contributed by atoms with van der Waals surface area (Å²) in [5.41, 5.74) is 0. The Morgan fingerprint density at radius 2 is 2.12 bits per heavy atom. The summed E-state index contributed by atoms with van der Waals surface area (Å²) in [6.45, 7) is 5.27. The van der Waals surface area contributed by atoms with Gasteiger partial charge in [0.2, 0.25) is 0 Å². The van der Waals surface area contributed by atoms with Crippen molar-refractivity contribution in [3.63, 3.8) is 0 Å². The summed E-state index contributed by atoms with van der Waals surface area (Å²) >= 11 is 3.56. The smallest absolute Gasteiger partial charge is 0.146 e. The molecule has 1 aromatic rings. The van der Waals surface area contributed by atoms with Crippen LogP contribution in [-0.2, 0) is 0 Å². The Hall–Kier alpha value is -0.840. The van der Waals surface area contributed by atoms with E-state index in [4.69, 9.17) is 0 Å². The van der Waals surface area contributed by atoms with Crippen molar-refractivity contribution in [1.29, 1.82) is 0 Å². The molecule has 1 unspecified atom stereocenters. The summed E-state index contributed by atoms with van der Waals surface area (Å²) in [5, 5.41) is 6.73. The molecule has 0 radical (unpaired) electrons. The predicted octanol–water partition coefficient (Wildman–Crippen LogP) is 3.27. The van der Waals surface area contributed by atoms with Crippen molar-refractivity contribution in [2.24, 2.45) is 5.92 Å². The van der Waals surface area contributed by atoms with Crippen LogP contribution in [0.3, 0.4) is 0 Å². The molecular weight excluding hydrogens is 280 g/mol. The zero-order chi connectivity index (χ0) is 12.3. The van der Waals surface area contributed by atoms with Gasteiger partial charge in [-0.3, -0.25) is 0 Å². The normalized spacial score (nSPS) is 16.6. The molecule has 1 aromatic heterocycles. The van der Waals surface area contributed by atoms with Crippen LogP contribution in [-0.4, -0.2) is 22.6 Å². The molecule has 0 spiro atoms. The van der Waals surface area contributed by atoms with E-state index < -0.39 is 0 Å². The molecule has 5 heteroatoms. The third-order valence-electron chi connectivity index (χ3n) is 3.03. The lowest BCUT2D eigenvalue weighted by Gasteiger charge is -2.16. The van der Waals surface area contributed by atoms with Crippen LogP contribution >= 0.6 is 15.9 Å². The lowest BCUT2D eigenvalue weighted by atomic mass is 10.2. The number of halogens is 1. The molecule has 1 aliphatic carbocycles. The Balaban J connectivity index is 2.05. The average molecular weight is 299 g/mol. The van der Waals surface area contributed by atoms with Gasteiger partial charge in [0.1, 0.15) is 22.4 Å². The van der Waals surface area contributed by atoms with E-state index in [0.717, 1.165) is 35.0 Å². The summed E-state index contributed by atoms with van der Waals surface area (Å²) in [4.78, 5) is 8.52. The van der Waals surface area contributed by atoms with Crippen molar-refractivity contribution in [2.45, 2.75) is 39.2 Å². The molecule has 0 bridgehead atoms. The highest BCUT2D eigenvalue weighted by Crippen LogP contribution is 2.35. The van der Waals surface area contributed by atoms with Gasteiger partial charge in [-0.1, -0.05) is 6.92 Å². The lowest BCUT2D eigenvalue weighted by molar-refractivity contribution is 0.689. The fraction of sp³-hybridized carbons (Fsp3) is 0.667. The van der Waals surface area contributed by atoms with Crippen molar-refractivity contribution < 1.29 is 0 Å². The van der Waals surface area contributed by atoms with Crippen molar-refractivity contribution in [3.05, 3.63) is 10.8 Å². The van der Waals surface area contributed by atoms with E-state index in [2.05, 4.69) is 50.4 Å². The molecule has 0 saturated heterocycles. The Morgan fingerprint density at radius 1 is 1.41 bits per heavy atom. The summed E-state index contributed by atoms with van der Waals surface area (Å²) in [7, 11) is 0. The second-order valence-electron chi connectivity index (χ2n) is 4.58. The fourth-order valence-electron chi connectivity index (χ4n) is 1.77. The summed E-state index contributed by atoms with van der Waals surface area (Å²) in [5.74, 6) is 2.56. The Bertz CT molecular complexity index is 379. The number of hydrogen-bond acceptors (Lipinski definition) is 4. The zero-order valence-corrected chi connectivity index (χ0v) is 11.9. The van der Waals surface area contributed by atoms with E-state index in [1.54, 1.807) is 6.33 Å². The molecular formula is C12H19BrN4. The largest absolute Gasteiger partial charge is 0.369 e. The maximum absolute atomic E-state index is 4.29. The van der Waals surface area contributed by atoms with Crippen molar-refractivity contribution in [2.75, 3.05) is 17.2 Å². The van der Waals surface area contributed by atoms with Crippen LogP contribution in [0.4, 0.5) is 11.6 Å². The van der Waals surface area contributed by atoms with Gasteiger partial charge in [-0.05, 0) is 48.0 Å². The first-order valence-electron chi connectivity index (χ1n) is 6.23. The molecule has 0 aromatic carbocycles. The Labute approximate surface area is 111 Å². The van der Waals surface area contributed by atoms with Crippen LogP contribution < -0.4 is 10.6 Å². The predicted molar refractivity (Wildman–Crippen MR) is 74.3 cm³/mol. The monoisotopic (exact) mass is 298 g/mol. The van der Waals surface area contributed by atoms with Crippen LogP contribution in [0.15, 0.2) is 10.8 Å². The molecule has 1 heterocycles. The van der Waals surface area contributed by atoms with E-state index in [0.29, 0.717) is 6.04 Å². The molecule has 1 aliphatic rings. The third kappa shape index (κ3) is 3.31. The average Bonchev–Trinajstić information content (AvgIpc) is 3.14. The van der Waals surface area contributed by atoms with E-state index >= 15 is 0 Å². The molecule has 1 saturated carbocycles. The highest BCUT2D eigenvalue weighted by molar-refractivity contribution is 9.10. The van der Waals surface area contributed by atoms with Crippen LogP contribution in [0.5, 0.6) is 0 Å². The van der Waals surface area contributed by atoms with Gasteiger partial charge in [0.05, 0.1) is 0 Å². The van der Waals surface area contributed by atoms with E-state index in [1.165, 1.54) is 12.8 Å². The first kappa shape index (κ1) is 12.6. The number of nitrogens with one attached hydrogen (secondary N) is 2. The summed E-state index contributed by atoms with van der Waals surface area (Å²) < 4.78 is 0.931. The minimum Gasteiger partial charge on any atom is -0.369 e. The highest BCUT2D eigenvalue weighted by atomic mass is 79.9. The molecule has 94 valence electrons. The topological polar surface area (TPSA) is 49.8 Å². The fourth-order valence-corrected chi connectivity index (χ4v) is 2.23. The quantitative estimate of drug-likeness (QED) is 0.846. The lowest BCUT2D eigenvalue weighted by Crippen LogP contribution is -2.19. The van der Waals surface area contributed by atoms with E-state index in [9.17, 15) is 0 Å². The van der Waals surface area contributed by atoms with Gasteiger partial charge in [0.15, 0.2) is 0 Å². The second kappa shape index (κ2) is 5.67. The van der Waals surface area contributed by atoms with Gasteiger partial charge in [0.25, 0.3) is 0 Å². The zero-order valence-electron chi connectivity index (χ0n) is 10.3. The maximum Gasteiger partial charge on any atom is 0.146 e. The number of nitrogens with zero attached hydrogens (tertiary/aromatic N) is 2. The molecule has 1 fully saturated rings. The maximum atomic E-state index is 4.29. The molecule has 0 aliphatic heterocycles. The molecule has 1 atom stereocenters. The first-order chi connectivity index (χ1) is 8.22. The SMILES string of the molecule is CCCNc1ncnc(NC(C)C2CC2)c1Br. The number of hydrogen-bond donors (Lipinski definition) is 2. The van der Waals surface area contributed by atoms with Crippen molar-refractivity contribution in [1.82, 2.24) is 9.97 Å². The Morgan fingerprint density at radius 3 is 2.76 bits per heavy atom. The van der Waals surface area contributed by atoms with E-state index in [-0.39, 0.29) is 0 Å². The molecule has 0 amide bonds. The van der Waals surface area contributed by atoms with Crippen LogP contribution in [0.1, 0.15) is 33.1 Å². The Kier molecular flexibility index (Phi) is 4.20. The first-order valence-corrected chi connectivity index (χ1v) is 7.02. The molecule has 17 heavy (non-hydrogen) atoms. The van der Waals surface area contributed by atoms with Gasteiger partial charge in [-0.15, -0.1) is 0 Å². The van der Waals surface area contributed by atoms with Gasteiger partial charge in [0, 0.05) is 12.6 Å². The number of anilines is 2. The summed E-state index contributed by atoms with van der Waals surface area (Å²) in [6, 6.07) is 0.486. The second-order valence-corrected chi connectivity index (χ2v) is 5.38.